The molecule has 0 radical (unpaired) electrons. The molecule has 2 aliphatic rings. The maximum atomic E-state index is 12.4. The van der Waals surface area contributed by atoms with Crippen LogP contribution in [0.15, 0.2) is 24.3 Å². The Morgan fingerprint density at radius 1 is 1.26 bits per heavy atom. The summed E-state index contributed by atoms with van der Waals surface area (Å²) in [7, 11) is 1.66. The van der Waals surface area contributed by atoms with Gasteiger partial charge in [0, 0.05) is 38.0 Å². The number of carbonyl (C=O) groups excluding carboxylic acids is 2. The van der Waals surface area contributed by atoms with Gasteiger partial charge in [0.15, 0.2) is 0 Å². The van der Waals surface area contributed by atoms with Crippen molar-refractivity contribution in [1.82, 2.24) is 4.90 Å². The Labute approximate surface area is 136 Å². The van der Waals surface area contributed by atoms with Crippen LogP contribution in [0.4, 0.5) is 16.2 Å². The summed E-state index contributed by atoms with van der Waals surface area (Å²) in [6.45, 7) is 2.11. The molecule has 124 valence electrons. The Hall–Kier alpha value is -2.08. The van der Waals surface area contributed by atoms with Gasteiger partial charge >= 0.3 is 6.03 Å². The molecule has 6 heteroatoms. The summed E-state index contributed by atoms with van der Waals surface area (Å²) in [5, 5.41) is 2.93. The van der Waals surface area contributed by atoms with Crippen molar-refractivity contribution in [2.45, 2.75) is 31.7 Å². The van der Waals surface area contributed by atoms with Crippen LogP contribution < -0.4 is 10.2 Å². The van der Waals surface area contributed by atoms with Crippen molar-refractivity contribution in [2.75, 3.05) is 37.0 Å². The Bertz CT molecular complexity index is 573. The van der Waals surface area contributed by atoms with Crippen molar-refractivity contribution in [2.24, 2.45) is 0 Å². The second kappa shape index (κ2) is 7.00. The van der Waals surface area contributed by atoms with Gasteiger partial charge in [0.1, 0.15) is 0 Å². The second-order valence-electron chi connectivity index (χ2n) is 6.07. The quantitative estimate of drug-likeness (QED) is 0.928. The van der Waals surface area contributed by atoms with Crippen LogP contribution in [0.1, 0.15) is 25.7 Å². The first-order chi connectivity index (χ1) is 11.2. The van der Waals surface area contributed by atoms with E-state index in [1.54, 1.807) is 12.0 Å². The van der Waals surface area contributed by atoms with Gasteiger partial charge in [-0.25, -0.2) is 4.79 Å². The maximum Gasteiger partial charge on any atom is 0.322 e. The van der Waals surface area contributed by atoms with Crippen molar-refractivity contribution in [3.8, 4) is 0 Å². The van der Waals surface area contributed by atoms with Crippen LogP contribution in [0, 0.1) is 0 Å². The standard InChI is InChI=1S/C17H23N3O3/c1-23-12-15-4-2-11-20(15)17(22)18-13-6-8-14(9-7-13)19-10-3-5-16(19)21/h6-9,15H,2-5,10-12H2,1H3,(H,18,22)/t15-/m0/s1. The van der Waals surface area contributed by atoms with E-state index in [4.69, 9.17) is 4.74 Å². The van der Waals surface area contributed by atoms with Crippen LogP contribution in [0.2, 0.25) is 0 Å². The van der Waals surface area contributed by atoms with E-state index in [1.165, 1.54) is 0 Å². The monoisotopic (exact) mass is 317 g/mol. The first-order valence-corrected chi connectivity index (χ1v) is 8.16. The fraction of sp³-hybridized carbons (Fsp3) is 0.529. The van der Waals surface area contributed by atoms with Crippen molar-refractivity contribution in [3.63, 3.8) is 0 Å². The molecule has 23 heavy (non-hydrogen) atoms. The molecule has 1 aromatic carbocycles. The summed E-state index contributed by atoms with van der Waals surface area (Å²) >= 11 is 0. The number of likely N-dealkylation sites (tertiary alicyclic amines) is 1. The lowest BCUT2D eigenvalue weighted by atomic mass is 10.2. The average molecular weight is 317 g/mol. The van der Waals surface area contributed by atoms with Crippen LogP contribution in [-0.2, 0) is 9.53 Å². The van der Waals surface area contributed by atoms with Crippen molar-refractivity contribution >= 4 is 23.3 Å². The lowest BCUT2D eigenvalue weighted by Gasteiger charge is -2.24. The van der Waals surface area contributed by atoms with Gasteiger partial charge in [-0.15, -0.1) is 0 Å². The van der Waals surface area contributed by atoms with Gasteiger partial charge in [-0.2, -0.15) is 0 Å². The Balaban J connectivity index is 1.61. The van der Waals surface area contributed by atoms with Crippen molar-refractivity contribution in [1.29, 1.82) is 0 Å². The number of rotatable bonds is 4. The molecular weight excluding hydrogens is 294 g/mol. The molecule has 0 aromatic heterocycles. The Morgan fingerprint density at radius 2 is 2.04 bits per heavy atom. The minimum atomic E-state index is -0.0884. The number of nitrogens with zero attached hydrogens (tertiary/aromatic N) is 2. The minimum absolute atomic E-state index is 0.0884. The number of carbonyl (C=O) groups is 2. The fourth-order valence-corrected chi connectivity index (χ4v) is 3.31. The number of amides is 3. The van der Waals surface area contributed by atoms with E-state index in [0.717, 1.165) is 43.7 Å². The highest BCUT2D eigenvalue weighted by Crippen LogP contribution is 2.24. The molecule has 3 amide bonds. The summed E-state index contributed by atoms with van der Waals surface area (Å²) in [6.07, 6.45) is 3.52. The molecule has 0 aliphatic carbocycles. The van der Waals surface area contributed by atoms with Crippen molar-refractivity contribution < 1.29 is 14.3 Å². The highest BCUT2D eigenvalue weighted by molar-refractivity contribution is 5.96. The third kappa shape index (κ3) is 3.47. The van der Waals surface area contributed by atoms with E-state index in [1.807, 2.05) is 29.2 Å². The SMILES string of the molecule is COC[C@@H]1CCCN1C(=O)Nc1ccc(N2CCCC2=O)cc1. The number of benzene rings is 1. The number of hydrogen-bond acceptors (Lipinski definition) is 3. The van der Waals surface area contributed by atoms with Crippen LogP contribution in [0.3, 0.4) is 0 Å². The predicted molar refractivity (Wildman–Crippen MR) is 88.7 cm³/mol. The normalized spacial score (nSPS) is 21.1. The third-order valence-electron chi connectivity index (χ3n) is 4.50. The molecule has 2 aliphatic heterocycles. The topological polar surface area (TPSA) is 61.9 Å². The first-order valence-electron chi connectivity index (χ1n) is 8.16. The Morgan fingerprint density at radius 3 is 2.70 bits per heavy atom. The van der Waals surface area contributed by atoms with Gasteiger partial charge in [-0.3, -0.25) is 4.79 Å². The van der Waals surface area contributed by atoms with Gasteiger partial charge in [0.25, 0.3) is 0 Å². The van der Waals surface area contributed by atoms with E-state index in [0.29, 0.717) is 13.0 Å². The lowest BCUT2D eigenvalue weighted by molar-refractivity contribution is -0.117. The first kappa shape index (κ1) is 15.8. The molecule has 2 saturated heterocycles. The summed E-state index contributed by atoms with van der Waals surface area (Å²) < 4.78 is 5.18. The van der Waals surface area contributed by atoms with E-state index in [2.05, 4.69) is 5.32 Å². The molecule has 3 rings (SSSR count). The van der Waals surface area contributed by atoms with Gasteiger partial charge < -0.3 is 19.9 Å². The maximum absolute atomic E-state index is 12.4. The molecule has 6 nitrogen and oxygen atoms in total. The highest BCUT2D eigenvalue weighted by atomic mass is 16.5. The number of hydrogen-bond donors (Lipinski definition) is 1. The van der Waals surface area contributed by atoms with E-state index in [9.17, 15) is 9.59 Å². The zero-order chi connectivity index (χ0) is 16.2. The molecule has 0 spiro atoms. The van der Waals surface area contributed by atoms with E-state index >= 15 is 0 Å². The zero-order valence-electron chi connectivity index (χ0n) is 13.5. The van der Waals surface area contributed by atoms with Crippen LogP contribution in [0.25, 0.3) is 0 Å². The molecule has 1 N–H and O–H groups in total. The Kier molecular flexibility index (Phi) is 4.81. The third-order valence-corrected chi connectivity index (χ3v) is 4.50. The smallest absolute Gasteiger partial charge is 0.322 e. The van der Waals surface area contributed by atoms with Gasteiger partial charge in [-0.1, -0.05) is 0 Å². The van der Waals surface area contributed by atoms with Crippen LogP contribution in [-0.4, -0.2) is 49.7 Å². The van der Waals surface area contributed by atoms with Crippen molar-refractivity contribution in [3.05, 3.63) is 24.3 Å². The van der Waals surface area contributed by atoms with E-state index < -0.39 is 0 Å². The molecule has 2 heterocycles. The minimum Gasteiger partial charge on any atom is -0.383 e. The zero-order valence-corrected chi connectivity index (χ0v) is 13.5. The molecule has 0 unspecified atom stereocenters. The number of methoxy groups -OCH3 is 1. The van der Waals surface area contributed by atoms with Crippen LogP contribution >= 0.6 is 0 Å². The number of urea groups is 1. The van der Waals surface area contributed by atoms with Gasteiger partial charge in [-0.05, 0) is 43.5 Å². The van der Waals surface area contributed by atoms with E-state index in [-0.39, 0.29) is 18.0 Å². The average Bonchev–Trinajstić information content (AvgIpc) is 3.17. The van der Waals surface area contributed by atoms with Gasteiger partial charge in [0.2, 0.25) is 5.91 Å². The molecular formula is C17H23N3O3. The summed E-state index contributed by atoms with van der Waals surface area (Å²) in [5.74, 6) is 0.168. The van der Waals surface area contributed by atoms with Gasteiger partial charge in [0.05, 0.1) is 12.6 Å². The largest absolute Gasteiger partial charge is 0.383 e. The summed E-state index contributed by atoms with van der Waals surface area (Å²) in [5.41, 5.74) is 1.64. The lowest BCUT2D eigenvalue weighted by Crippen LogP contribution is -2.40. The highest BCUT2D eigenvalue weighted by Gasteiger charge is 2.28. The second-order valence-corrected chi connectivity index (χ2v) is 6.07. The molecule has 0 bridgehead atoms. The molecule has 2 fully saturated rings. The summed E-state index contributed by atoms with van der Waals surface area (Å²) in [6, 6.07) is 7.53. The number of nitrogens with one attached hydrogen (secondary N) is 1. The fourth-order valence-electron chi connectivity index (χ4n) is 3.31. The summed E-state index contributed by atoms with van der Waals surface area (Å²) in [4.78, 5) is 27.8. The molecule has 0 saturated carbocycles. The molecule has 1 atom stereocenters. The van der Waals surface area contributed by atoms with Crippen LogP contribution in [0.5, 0.6) is 0 Å². The number of anilines is 2. The molecule has 1 aromatic rings. The predicted octanol–water partition coefficient (Wildman–Crippen LogP) is 2.46. The number of ether oxygens (including phenoxy) is 1.